The third-order valence-electron chi connectivity index (χ3n) is 3.08. The van der Waals surface area contributed by atoms with Gasteiger partial charge in [-0.25, -0.2) is 0 Å². The lowest BCUT2D eigenvalue weighted by atomic mass is 9.95. The second-order valence-electron chi connectivity index (χ2n) is 4.23. The molecule has 1 aromatic carbocycles. The molecule has 1 aromatic rings. The highest BCUT2D eigenvalue weighted by Crippen LogP contribution is 2.29. The molecular weight excluding hydrogens is 170 g/mol. The Morgan fingerprint density at radius 2 is 1.93 bits per heavy atom. The standard InChI is InChI=1S/C13H18N/c1-11-6-8-12(9-7-11)13-5-3-4-10-14(13)2/h6-9,13H,2-5,10H2,1H3/q-1. The molecule has 0 aromatic heterocycles. The molecule has 14 heavy (non-hydrogen) atoms. The summed E-state index contributed by atoms with van der Waals surface area (Å²) < 4.78 is 0. The molecule has 1 aliphatic rings. The van der Waals surface area contributed by atoms with Gasteiger partial charge in [0.2, 0.25) is 0 Å². The van der Waals surface area contributed by atoms with Crippen LogP contribution < -0.4 is 0 Å². The zero-order valence-electron chi connectivity index (χ0n) is 8.87. The normalized spacial score (nSPS) is 23.7. The van der Waals surface area contributed by atoms with Gasteiger partial charge in [-0.2, -0.15) is 0 Å². The van der Waals surface area contributed by atoms with E-state index in [1.165, 1.54) is 30.4 Å². The first-order chi connectivity index (χ1) is 6.77. The fourth-order valence-corrected chi connectivity index (χ4v) is 2.16. The van der Waals surface area contributed by atoms with Crippen molar-refractivity contribution in [2.75, 3.05) is 6.54 Å². The second kappa shape index (κ2) is 4.14. The van der Waals surface area contributed by atoms with E-state index in [0.29, 0.717) is 6.04 Å². The average Bonchev–Trinajstić information content (AvgIpc) is 2.20. The second-order valence-corrected chi connectivity index (χ2v) is 4.23. The molecule has 0 radical (unpaired) electrons. The van der Waals surface area contributed by atoms with Crippen molar-refractivity contribution in [1.82, 2.24) is 4.90 Å². The van der Waals surface area contributed by atoms with Crippen LogP contribution in [-0.2, 0) is 0 Å². The summed E-state index contributed by atoms with van der Waals surface area (Å²) in [5, 5.41) is 0. The SMILES string of the molecule is [CH2-]N1CCCCC1c1ccc(C)cc1. The lowest BCUT2D eigenvalue weighted by molar-refractivity contribution is 0.211. The summed E-state index contributed by atoms with van der Waals surface area (Å²) in [5.41, 5.74) is 2.76. The van der Waals surface area contributed by atoms with E-state index in [4.69, 9.17) is 0 Å². The van der Waals surface area contributed by atoms with Gasteiger partial charge in [0.25, 0.3) is 0 Å². The number of hydrogen-bond donors (Lipinski definition) is 0. The summed E-state index contributed by atoms with van der Waals surface area (Å²) in [5.74, 6) is 0. The number of piperidine rings is 1. The van der Waals surface area contributed by atoms with Crippen LogP contribution in [0.1, 0.15) is 36.4 Å². The summed E-state index contributed by atoms with van der Waals surface area (Å²) >= 11 is 0. The average molecular weight is 188 g/mol. The monoisotopic (exact) mass is 188 g/mol. The van der Waals surface area contributed by atoms with E-state index in [0.717, 1.165) is 6.54 Å². The maximum atomic E-state index is 4.11. The van der Waals surface area contributed by atoms with E-state index < -0.39 is 0 Å². The van der Waals surface area contributed by atoms with Gasteiger partial charge in [0.1, 0.15) is 0 Å². The van der Waals surface area contributed by atoms with E-state index in [-0.39, 0.29) is 0 Å². The molecular formula is C13H18N-. The molecule has 1 saturated heterocycles. The molecule has 1 heteroatoms. The molecule has 1 heterocycles. The molecule has 1 fully saturated rings. The third-order valence-corrected chi connectivity index (χ3v) is 3.08. The van der Waals surface area contributed by atoms with Gasteiger partial charge >= 0.3 is 0 Å². The van der Waals surface area contributed by atoms with Crippen LogP contribution in [0.3, 0.4) is 0 Å². The maximum absolute atomic E-state index is 4.11. The lowest BCUT2D eigenvalue weighted by Gasteiger charge is -2.39. The molecule has 0 amide bonds. The first-order valence-electron chi connectivity index (χ1n) is 5.41. The predicted octanol–water partition coefficient (Wildman–Crippen LogP) is 3.31. The molecule has 0 spiro atoms. The zero-order valence-corrected chi connectivity index (χ0v) is 8.87. The minimum Gasteiger partial charge on any atom is -0.453 e. The van der Waals surface area contributed by atoms with Crippen molar-refractivity contribution in [3.63, 3.8) is 0 Å². The fraction of sp³-hybridized carbons (Fsp3) is 0.462. The van der Waals surface area contributed by atoms with Gasteiger partial charge in [-0.05, 0) is 31.9 Å². The Kier molecular flexibility index (Phi) is 2.87. The minimum absolute atomic E-state index is 0.546. The summed E-state index contributed by atoms with van der Waals surface area (Å²) in [4.78, 5) is 2.23. The van der Waals surface area contributed by atoms with E-state index in [2.05, 4.69) is 43.1 Å². The Balaban J connectivity index is 2.16. The van der Waals surface area contributed by atoms with Crippen LogP contribution in [0.4, 0.5) is 0 Å². The van der Waals surface area contributed by atoms with Crippen molar-refractivity contribution in [2.45, 2.75) is 32.2 Å². The van der Waals surface area contributed by atoms with E-state index in [1.807, 2.05) is 0 Å². The van der Waals surface area contributed by atoms with E-state index in [9.17, 15) is 0 Å². The summed E-state index contributed by atoms with van der Waals surface area (Å²) in [6.45, 7) is 3.27. The zero-order chi connectivity index (χ0) is 9.97. The maximum Gasteiger partial charge on any atom is 0.00728 e. The van der Waals surface area contributed by atoms with Crippen LogP contribution in [0.15, 0.2) is 24.3 Å². The van der Waals surface area contributed by atoms with Crippen molar-refractivity contribution in [2.24, 2.45) is 0 Å². The Labute approximate surface area is 86.7 Å². The van der Waals surface area contributed by atoms with E-state index in [1.54, 1.807) is 0 Å². The quantitative estimate of drug-likeness (QED) is 0.611. The number of aryl methyl sites for hydroxylation is 1. The van der Waals surface area contributed by atoms with Gasteiger partial charge in [0.05, 0.1) is 0 Å². The van der Waals surface area contributed by atoms with Crippen LogP contribution >= 0.6 is 0 Å². The van der Waals surface area contributed by atoms with Gasteiger partial charge in [0.15, 0.2) is 0 Å². The van der Waals surface area contributed by atoms with Crippen molar-refractivity contribution in [3.05, 3.63) is 42.4 Å². The van der Waals surface area contributed by atoms with Gasteiger partial charge in [-0.3, -0.25) is 7.05 Å². The number of hydrogen-bond acceptors (Lipinski definition) is 1. The minimum atomic E-state index is 0.546. The molecule has 0 aliphatic carbocycles. The topological polar surface area (TPSA) is 3.24 Å². The third kappa shape index (κ3) is 1.98. The molecule has 1 aliphatic heterocycles. The first-order valence-corrected chi connectivity index (χ1v) is 5.41. The molecule has 2 rings (SSSR count). The molecule has 76 valence electrons. The summed E-state index contributed by atoms with van der Waals surface area (Å²) in [6, 6.07) is 9.41. The molecule has 0 N–H and O–H groups in total. The van der Waals surface area contributed by atoms with Gasteiger partial charge in [-0.15, -0.1) is 0 Å². The molecule has 1 unspecified atom stereocenters. The Bertz CT molecular complexity index is 289. The molecule has 0 saturated carbocycles. The Hall–Kier alpha value is -0.820. The highest BCUT2D eigenvalue weighted by atomic mass is 15.1. The van der Waals surface area contributed by atoms with Crippen LogP contribution in [0.25, 0.3) is 0 Å². The highest BCUT2D eigenvalue weighted by molar-refractivity contribution is 5.24. The van der Waals surface area contributed by atoms with Gasteiger partial charge < -0.3 is 4.90 Å². The van der Waals surface area contributed by atoms with Crippen LogP contribution in [0.2, 0.25) is 0 Å². The predicted molar refractivity (Wildman–Crippen MR) is 59.8 cm³/mol. The van der Waals surface area contributed by atoms with Gasteiger partial charge in [0, 0.05) is 6.04 Å². The van der Waals surface area contributed by atoms with Crippen molar-refractivity contribution in [1.29, 1.82) is 0 Å². The summed E-state index contributed by atoms with van der Waals surface area (Å²) in [7, 11) is 4.11. The van der Waals surface area contributed by atoms with E-state index >= 15 is 0 Å². The Morgan fingerprint density at radius 3 is 2.57 bits per heavy atom. The lowest BCUT2D eigenvalue weighted by Crippen LogP contribution is -2.27. The van der Waals surface area contributed by atoms with Crippen molar-refractivity contribution in [3.8, 4) is 0 Å². The van der Waals surface area contributed by atoms with Crippen LogP contribution in [0.5, 0.6) is 0 Å². The largest absolute Gasteiger partial charge is 0.453 e. The molecule has 1 atom stereocenters. The number of rotatable bonds is 1. The van der Waals surface area contributed by atoms with Gasteiger partial charge in [-0.1, -0.05) is 36.2 Å². The first kappa shape index (κ1) is 9.72. The summed E-state index contributed by atoms with van der Waals surface area (Å²) in [6.07, 6.45) is 3.89. The van der Waals surface area contributed by atoms with Crippen molar-refractivity contribution >= 4 is 0 Å². The number of benzene rings is 1. The fourth-order valence-electron chi connectivity index (χ4n) is 2.16. The Morgan fingerprint density at radius 1 is 1.21 bits per heavy atom. The van der Waals surface area contributed by atoms with Crippen LogP contribution in [-0.4, -0.2) is 11.4 Å². The van der Waals surface area contributed by atoms with Crippen molar-refractivity contribution < 1.29 is 0 Å². The number of nitrogens with zero attached hydrogens (tertiary/aromatic N) is 1. The number of likely N-dealkylation sites (tertiary alicyclic amines) is 1. The molecule has 1 nitrogen and oxygen atoms in total. The smallest absolute Gasteiger partial charge is 0.00728 e. The highest BCUT2D eigenvalue weighted by Gasteiger charge is 2.15. The molecule has 0 bridgehead atoms. The van der Waals surface area contributed by atoms with Crippen LogP contribution in [0, 0.1) is 14.0 Å².